The van der Waals surface area contributed by atoms with Gasteiger partial charge < -0.3 is 15.3 Å². The number of nitrogens with zero attached hydrogens (tertiary/aromatic N) is 1. The lowest BCUT2D eigenvalue weighted by Gasteiger charge is -2.19. The molecule has 1 amide bonds. The Morgan fingerprint density at radius 1 is 1.58 bits per heavy atom. The van der Waals surface area contributed by atoms with E-state index >= 15 is 0 Å². The third-order valence-electron chi connectivity index (χ3n) is 3.64. The number of rotatable bonds is 4. The van der Waals surface area contributed by atoms with E-state index in [-0.39, 0.29) is 16.7 Å². The normalized spacial score (nSPS) is 19.6. The lowest BCUT2D eigenvalue weighted by molar-refractivity contribution is 0.0950. The van der Waals surface area contributed by atoms with Gasteiger partial charge in [0.05, 0.1) is 5.02 Å². The second-order valence-electron chi connectivity index (χ2n) is 4.99. The first kappa shape index (κ1) is 14.2. The Bertz CT molecular complexity index is 465. The van der Waals surface area contributed by atoms with Crippen LogP contribution in [0.4, 0.5) is 0 Å². The number of phenolic OH excluding ortho intramolecular Hbond substituents is 1. The Labute approximate surface area is 118 Å². The van der Waals surface area contributed by atoms with Gasteiger partial charge in [-0.3, -0.25) is 4.79 Å². The molecule has 0 spiro atoms. The zero-order valence-corrected chi connectivity index (χ0v) is 11.8. The summed E-state index contributed by atoms with van der Waals surface area (Å²) in [6.07, 6.45) is 3.41. The maximum absolute atomic E-state index is 11.9. The van der Waals surface area contributed by atoms with Gasteiger partial charge in [-0.15, -0.1) is 0 Å². The Hall–Kier alpha value is -1.26. The van der Waals surface area contributed by atoms with Gasteiger partial charge in [0.25, 0.3) is 5.91 Å². The molecule has 104 valence electrons. The number of carbonyl (C=O) groups excluding carboxylic acids is 1. The second kappa shape index (κ2) is 6.26. The molecule has 1 atom stereocenters. The van der Waals surface area contributed by atoms with E-state index in [0.29, 0.717) is 18.2 Å². The molecule has 1 aromatic rings. The third kappa shape index (κ3) is 3.61. The summed E-state index contributed by atoms with van der Waals surface area (Å²) in [5.74, 6) is -0.159. The number of nitrogens with one attached hydrogen (secondary N) is 1. The zero-order chi connectivity index (χ0) is 13.8. The number of phenols is 1. The standard InChI is InChI=1S/C14H19ClN2O2/c1-17-8-2-3-11(17)6-7-16-14(19)10-4-5-13(18)12(15)9-10/h4-5,9,11,18H,2-3,6-8H2,1H3,(H,16,19). The highest BCUT2D eigenvalue weighted by atomic mass is 35.5. The van der Waals surface area contributed by atoms with Crippen molar-refractivity contribution in [3.8, 4) is 5.75 Å². The summed E-state index contributed by atoms with van der Waals surface area (Å²) in [6, 6.07) is 5.05. The number of benzene rings is 1. The summed E-state index contributed by atoms with van der Waals surface area (Å²) in [4.78, 5) is 14.2. The first-order valence-electron chi connectivity index (χ1n) is 6.55. The quantitative estimate of drug-likeness (QED) is 0.891. The molecule has 0 aromatic heterocycles. The molecule has 2 rings (SSSR count). The molecule has 1 aliphatic rings. The molecule has 0 saturated carbocycles. The monoisotopic (exact) mass is 282 g/mol. The predicted molar refractivity (Wildman–Crippen MR) is 75.7 cm³/mol. The fourth-order valence-corrected chi connectivity index (χ4v) is 2.63. The molecule has 0 aliphatic carbocycles. The summed E-state index contributed by atoms with van der Waals surface area (Å²) >= 11 is 5.78. The van der Waals surface area contributed by atoms with Gasteiger partial charge in [0.2, 0.25) is 0 Å². The van der Waals surface area contributed by atoms with Crippen LogP contribution in [-0.2, 0) is 0 Å². The van der Waals surface area contributed by atoms with Gasteiger partial charge in [-0.05, 0) is 51.1 Å². The van der Waals surface area contributed by atoms with Crippen molar-refractivity contribution in [3.05, 3.63) is 28.8 Å². The van der Waals surface area contributed by atoms with Crippen molar-refractivity contribution >= 4 is 17.5 Å². The molecule has 1 heterocycles. The highest BCUT2D eigenvalue weighted by Gasteiger charge is 2.20. The highest BCUT2D eigenvalue weighted by Crippen LogP contribution is 2.23. The summed E-state index contributed by atoms with van der Waals surface area (Å²) in [5.41, 5.74) is 0.475. The minimum Gasteiger partial charge on any atom is -0.506 e. The van der Waals surface area contributed by atoms with E-state index in [1.165, 1.54) is 25.0 Å². The van der Waals surface area contributed by atoms with E-state index in [4.69, 9.17) is 11.6 Å². The zero-order valence-electron chi connectivity index (χ0n) is 11.0. The van der Waals surface area contributed by atoms with Gasteiger partial charge in [-0.2, -0.15) is 0 Å². The highest BCUT2D eigenvalue weighted by molar-refractivity contribution is 6.32. The number of hydrogen-bond donors (Lipinski definition) is 2. The van der Waals surface area contributed by atoms with Crippen molar-refractivity contribution in [2.75, 3.05) is 20.1 Å². The maximum atomic E-state index is 11.9. The Balaban J connectivity index is 1.82. The molecule has 1 saturated heterocycles. The van der Waals surface area contributed by atoms with Crippen LogP contribution in [0.5, 0.6) is 5.75 Å². The largest absolute Gasteiger partial charge is 0.506 e. The van der Waals surface area contributed by atoms with Crippen LogP contribution < -0.4 is 5.32 Å². The molecule has 1 aliphatic heterocycles. The maximum Gasteiger partial charge on any atom is 0.251 e. The number of aromatic hydroxyl groups is 1. The van der Waals surface area contributed by atoms with E-state index < -0.39 is 0 Å². The number of carbonyl (C=O) groups is 1. The van der Waals surface area contributed by atoms with Crippen LogP contribution in [0.25, 0.3) is 0 Å². The second-order valence-corrected chi connectivity index (χ2v) is 5.39. The predicted octanol–water partition coefficient (Wildman–Crippen LogP) is 2.26. The van der Waals surface area contributed by atoms with Crippen LogP contribution in [0.1, 0.15) is 29.6 Å². The Morgan fingerprint density at radius 2 is 2.37 bits per heavy atom. The van der Waals surface area contributed by atoms with Crippen molar-refractivity contribution in [1.82, 2.24) is 10.2 Å². The minimum absolute atomic E-state index is 0.00852. The van der Waals surface area contributed by atoms with Crippen LogP contribution in [0.3, 0.4) is 0 Å². The van der Waals surface area contributed by atoms with Gasteiger partial charge in [0, 0.05) is 18.2 Å². The van der Waals surface area contributed by atoms with Crippen LogP contribution in [0, 0.1) is 0 Å². The Morgan fingerprint density at radius 3 is 3.00 bits per heavy atom. The van der Waals surface area contributed by atoms with Crippen molar-refractivity contribution < 1.29 is 9.90 Å². The molecular weight excluding hydrogens is 264 g/mol. The van der Waals surface area contributed by atoms with Crippen LogP contribution >= 0.6 is 11.6 Å². The van der Waals surface area contributed by atoms with Gasteiger partial charge >= 0.3 is 0 Å². The van der Waals surface area contributed by atoms with Crippen molar-refractivity contribution in [2.45, 2.75) is 25.3 Å². The molecule has 2 N–H and O–H groups in total. The van der Waals surface area contributed by atoms with Crippen LogP contribution in [0.15, 0.2) is 18.2 Å². The van der Waals surface area contributed by atoms with Crippen LogP contribution in [-0.4, -0.2) is 42.1 Å². The van der Waals surface area contributed by atoms with Gasteiger partial charge in [0.15, 0.2) is 0 Å². The topological polar surface area (TPSA) is 52.6 Å². The smallest absolute Gasteiger partial charge is 0.251 e. The summed E-state index contributed by atoms with van der Waals surface area (Å²) in [7, 11) is 2.12. The van der Waals surface area contributed by atoms with Gasteiger partial charge in [0.1, 0.15) is 5.75 Å². The van der Waals surface area contributed by atoms with Crippen molar-refractivity contribution in [2.24, 2.45) is 0 Å². The first-order valence-corrected chi connectivity index (χ1v) is 6.92. The molecule has 19 heavy (non-hydrogen) atoms. The van der Waals surface area contributed by atoms with Crippen LogP contribution in [0.2, 0.25) is 5.02 Å². The van der Waals surface area contributed by atoms with E-state index in [9.17, 15) is 9.90 Å². The van der Waals surface area contributed by atoms with Crippen molar-refractivity contribution in [1.29, 1.82) is 0 Å². The summed E-state index contributed by atoms with van der Waals surface area (Å²) < 4.78 is 0. The summed E-state index contributed by atoms with van der Waals surface area (Å²) in [5, 5.41) is 12.4. The SMILES string of the molecule is CN1CCCC1CCNC(=O)c1ccc(O)c(Cl)c1. The number of likely N-dealkylation sites (tertiary alicyclic amines) is 1. The van der Waals surface area contributed by atoms with E-state index in [2.05, 4.69) is 17.3 Å². The molecule has 0 bridgehead atoms. The molecule has 4 nitrogen and oxygen atoms in total. The molecule has 5 heteroatoms. The lowest BCUT2D eigenvalue weighted by atomic mass is 10.1. The van der Waals surface area contributed by atoms with E-state index in [1.807, 2.05) is 0 Å². The third-order valence-corrected chi connectivity index (χ3v) is 3.95. The molecule has 1 aromatic carbocycles. The molecule has 0 radical (unpaired) electrons. The number of amides is 1. The van der Waals surface area contributed by atoms with Crippen molar-refractivity contribution in [3.63, 3.8) is 0 Å². The Kier molecular flexibility index (Phi) is 4.66. The number of hydrogen-bond acceptors (Lipinski definition) is 3. The average molecular weight is 283 g/mol. The first-order chi connectivity index (χ1) is 9.08. The molecule has 1 fully saturated rings. The number of halogens is 1. The minimum atomic E-state index is -0.150. The van der Waals surface area contributed by atoms with Gasteiger partial charge in [-0.1, -0.05) is 11.6 Å². The summed E-state index contributed by atoms with van der Waals surface area (Å²) in [6.45, 7) is 1.80. The molecule has 1 unspecified atom stereocenters. The van der Waals surface area contributed by atoms with Gasteiger partial charge in [-0.25, -0.2) is 0 Å². The fraction of sp³-hybridized carbons (Fsp3) is 0.500. The van der Waals surface area contributed by atoms with E-state index in [1.54, 1.807) is 6.07 Å². The van der Waals surface area contributed by atoms with E-state index in [0.717, 1.165) is 13.0 Å². The fourth-order valence-electron chi connectivity index (χ4n) is 2.45. The molecular formula is C14H19ClN2O2. The lowest BCUT2D eigenvalue weighted by Crippen LogP contribution is -2.31. The average Bonchev–Trinajstić information content (AvgIpc) is 2.78.